The summed E-state index contributed by atoms with van der Waals surface area (Å²) in [6, 6.07) is 0. The van der Waals surface area contributed by atoms with Crippen LogP contribution in [0.15, 0.2) is 0 Å². The average Bonchev–Trinajstić information content (AvgIpc) is 2.67. The van der Waals surface area contributed by atoms with E-state index in [1.54, 1.807) is 0 Å². The fourth-order valence-electron chi connectivity index (χ4n) is 1.47. The monoisotopic (exact) mass is 157 g/mol. The molecule has 2 heterocycles. The van der Waals surface area contributed by atoms with E-state index in [0.717, 1.165) is 32.8 Å². The number of hydrogen-bond donors (Lipinski definition) is 0. The molecule has 0 amide bonds. The number of nitrogens with zero attached hydrogens (tertiary/aromatic N) is 1. The standard InChI is InChI=1S/C8H15NO2/c1-2-10-7-3-9(4-7)5-8-6-11-8/h7-8H,2-6H2,1H3. The van der Waals surface area contributed by atoms with Crippen LogP contribution in [-0.2, 0) is 9.47 Å². The minimum atomic E-state index is 0.499. The van der Waals surface area contributed by atoms with Crippen molar-refractivity contribution in [3.05, 3.63) is 0 Å². The highest BCUT2D eigenvalue weighted by Crippen LogP contribution is 2.17. The zero-order valence-corrected chi connectivity index (χ0v) is 6.95. The molecule has 11 heavy (non-hydrogen) atoms. The maximum absolute atomic E-state index is 5.43. The molecule has 0 radical (unpaired) electrons. The predicted octanol–water partition coefficient (Wildman–Crippen LogP) is 0.106. The third-order valence-corrected chi connectivity index (χ3v) is 2.19. The Kier molecular flexibility index (Phi) is 2.11. The van der Waals surface area contributed by atoms with Crippen molar-refractivity contribution in [2.24, 2.45) is 0 Å². The first-order valence-electron chi connectivity index (χ1n) is 4.34. The maximum atomic E-state index is 5.43. The van der Waals surface area contributed by atoms with E-state index in [0.29, 0.717) is 12.2 Å². The molecule has 3 nitrogen and oxygen atoms in total. The topological polar surface area (TPSA) is 25.0 Å². The molecule has 2 fully saturated rings. The summed E-state index contributed by atoms with van der Waals surface area (Å²) in [5.74, 6) is 0. The molecule has 0 aromatic rings. The van der Waals surface area contributed by atoms with Gasteiger partial charge >= 0.3 is 0 Å². The van der Waals surface area contributed by atoms with Gasteiger partial charge in [-0.05, 0) is 6.92 Å². The largest absolute Gasteiger partial charge is 0.376 e. The lowest BCUT2D eigenvalue weighted by molar-refractivity contribution is -0.0511. The minimum absolute atomic E-state index is 0.499. The van der Waals surface area contributed by atoms with Crippen molar-refractivity contribution in [1.82, 2.24) is 4.90 Å². The minimum Gasteiger partial charge on any atom is -0.376 e. The van der Waals surface area contributed by atoms with E-state index in [9.17, 15) is 0 Å². The van der Waals surface area contributed by atoms with E-state index in [4.69, 9.17) is 9.47 Å². The maximum Gasteiger partial charge on any atom is 0.0936 e. The molecule has 0 aromatic heterocycles. The van der Waals surface area contributed by atoms with E-state index in [2.05, 4.69) is 4.90 Å². The normalized spacial score (nSPS) is 31.9. The van der Waals surface area contributed by atoms with Gasteiger partial charge in [-0.1, -0.05) is 0 Å². The first-order chi connectivity index (χ1) is 5.38. The number of likely N-dealkylation sites (tertiary alicyclic amines) is 1. The van der Waals surface area contributed by atoms with Gasteiger partial charge in [0.15, 0.2) is 0 Å². The fourth-order valence-corrected chi connectivity index (χ4v) is 1.47. The molecule has 2 rings (SSSR count). The van der Waals surface area contributed by atoms with Crippen molar-refractivity contribution >= 4 is 0 Å². The van der Waals surface area contributed by atoms with E-state index in [-0.39, 0.29) is 0 Å². The van der Waals surface area contributed by atoms with Crippen molar-refractivity contribution in [2.45, 2.75) is 19.1 Å². The molecule has 2 aliphatic heterocycles. The molecule has 0 N–H and O–H groups in total. The molecule has 0 spiro atoms. The Bertz CT molecular complexity index is 130. The molecule has 2 aliphatic rings. The van der Waals surface area contributed by atoms with Crippen LogP contribution in [0, 0.1) is 0 Å². The summed E-state index contributed by atoms with van der Waals surface area (Å²) < 4.78 is 10.6. The zero-order chi connectivity index (χ0) is 7.68. The molecule has 2 saturated heterocycles. The average molecular weight is 157 g/mol. The lowest BCUT2D eigenvalue weighted by Crippen LogP contribution is -2.53. The quantitative estimate of drug-likeness (QED) is 0.541. The Morgan fingerprint density at radius 2 is 2.27 bits per heavy atom. The van der Waals surface area contributed by atoms with Gasteiger partial charge in [0.25, 0.3) is 0 Å². The summed E-state index contributed by atoms with van der Waals surface area (Å²) in [5, 5.41) is 0. The van der Waals surface area contributed by atoms with Crippen LogP contribution in [0.25, 0.3) is 0 Å². The number of hydrogen-bond acceptors (Lipinski definition) is 3. The summed E-state index contributed by atoms with van der Waals surface area (Å²) in [5.41, 5.74) is 0. The van der Waals surface area contributed by atoms with Crippen molar-refractivity contribution in [2.75, 3.05) is 32.8 Å². The Morgan fingerprint density at radius 3 is 2.82 bits per heavy atom. The van der Waals surface area contributed by atoms with E-state index < -0.39 is 0 Å². The summed E-state index contributed by atoms with van der Waals surface area (Å²) in [6.45, 7) is 7.19. The second-order valence-corrected chi connectivity index (χ2v) is 3.25. The smallest absolute Gasteiger partial charge is 0.0936 e. The Morgan fingerprint density at radius 1 is 1.55 bits per heavy atom. The van der Waals surface area contributed by atoms with E-state index in [1.165, 1.54) is 0 Å². The SMILES string of the molecule is CCOC1CN(CC2CO2)C1. The molecule has 0 saturated carbocycles. The van der Waals surface area contributed by atoms with Gasteiger partial charge in [0, 0.05) is 26.2 Å². The lowest BCUT2D eigenvalue weighted by atomic mass is 10.1. The van der Waals surface area contributed by atoms with E-state index in [1.807, 2.05) is 6.92 Å². The second kappa shape index (κ2) is 3.09. The highest BCUT2D eigenvalue weighted by Gasteiger charge is 2.33. The number of rotatable bonds is 4. The van der Waals surface area contributed by atoms with Gasteiger partial charge in [0.1, 0.15) is 0 Å². The van der Waals surface area contributed by atoms with Gasteiger partial charge in [-0.3, -0.25) is 4.90 Å². The van der Waals surface area contributed by atoms with Crippen molar-refractivity contribution < 1.29 is 9.47 Å². The van der Waals surface area contributed by atoms with Crippen LogP contribution < -0.4 is 0 Å². The van der Waals surface area contributed by atoms with Crippen LogP contribution in [0.1, 0.15) is 6.92 Å². The lowest BCUT2D eigenvalue weighted by Gasteiger charge is -2.38. The van der Waals surface area contributed by atoms with Crippen LogP contribution in [0.2, 0.25) is 0 Å². The third-order valence-electron chi connectivity index (χ3n) is 2.19. The third kappa shape index (κ3) is 1.92. The summed E-state index contributed by atoms with van der Waals surface area (Å²) in [7, 11) is 0. The summed E-state index contributed by atoms with van der Waals surface area (Å²) in [6.07, 6.45) is 1.04. The number of epoxide rings is 1. The van der Waals surface area contributed by atoms with Crippen molar-refractivity contribution in [1.29, 1.82) is 0 Å². The van der Waals surface area contributed by atoms with Crippen molar-refractivity contribution in [3.63, 3.8) is 0 Å². The predicted molar refractivity (Wildman–Crippen MR) is 41.6 cm³/mol. The van der Waals surface area contributed by atoms with Crippen LogP contribution >= 0.6 is 0 Å². The molecule has 0 bridgehead atoms. The fraction of sp³-hybridized carbons (Fsp3) is 1.00. The highest BCUT2D eigenvalue weighted by molar-refractivity contribution is 4.85. The number of ether oxygens (including phenoxy) is 2. The molecular weight excluding hydrogens is 142 g/mol. The van der Waals surface area contributed by atoms with Crippen LogP contribution in [0.4, 0.5) is 0 Å². The van der Waals surface area contributed by atoms with E-state index >= 15 is 0 Å². The van der Waals surface area contributed by atoms with Gasteiger partial charge in [0.05, 0.1) is 18.8 Å². The first-order valence-corrected chi connectivity index (χ1v) is 4.34. The molecule has 1 unspecified atom stereocenters. The molecule has 0 aromatic carbocycles. The Labute approximate surface area is 67.3 Å². The summed E-state index contributed by atoms with van der Waals surface area (Å²) >= 11 is 0. The van der Waals surface area contributed by atoms with Crippen LogP contribution in [-0.4, -0.2) is 50.0 Å². The van der Waals surface area contributed by atoms with Crippen LogP contribution in [0.5, 0.6) is 0 Å². The Balaban J connectivity index is 1.56. The first kappa shape index (κ1) is 7.53. The zero-order valence-electron chi connectivity index (χ0n) is 6.95. The molecule has 0 aliphatic carbocycles. The van der Waals surface area contributed by atoms with Gasteiger partial charge in [-0.15, -0.1) is 0 Å². The molecule has 1 atom stereocenters. The van der Waals surface area contributed by atoms with Gasteiger partial charge < -0.3 is 9.47 Å². The van der Waals surface area contributed by atoms with Gasteiger partial charge in [-0.25, -0.2) is 0 Å². The molecular formula is C8H15NO2. The second-order valence-electron chi connectivity index (χ2n) is 3.25. The Hall–Kier alpha value is -0.120. The van der Waals surface area contributed by atoms with Gasteiger partial charge in [-0.2, -0.15) is 0 Å². The summed E-state index contributed by atoms with van der Waals surface area (Å²) in [4.78, 5) is 2.39. The van der Waals surface area contributed by atoms with Gasteiger partial charge in [0.2, 0.25) is 0 Å². The molecule has 3 heteroatoms. The highest BCUT2D eigenvalue weighted by atomic mass is 16.6. The molecule has 64 valence electrons. The van der Waals surface area contributed by atoms with Crippen LogP contribution in [0.3, 0.4) is 0 Å². The van der Waals surface area contributed by atoms with Crippen molar-refractivity contribution in [3.8, 4) is 0 Å².